The summed E-state index contributed by atoms with van der Waals surface area (Å²) in [6, 6.07) is 6.65. The number of nitro benzene ring substituents is 1. The lowest BCUT2D eigenvalue weighted by molar-refractivity contribution is -0.384. The van der Waals surface area contributed by atoms with Crippen molar-refractivity contribution in [2.24, 2.45) is 0 Å². The van der Waals surface area contributed by atoms with E-state index in [1.54, 1.807) is 12.1 Å². The third-order valence-corrected chi connectivity index (χ3v) is 4.64. The van der Waals surface area contributed by atoms with Crippen LogP contribution < -0.4 is 0 Å². The summed E-state index contributed by atoms with van der Waals surface area (Å²) in [5.41, 5.74) is 0.285. The Balaban J connectivity index is 1.96. The molecule has 2 heterocycles. The van der Waals surface area contributed by atoms with E-state index in [0.29, 0.717) is 15.8 Å². The minimum absolute atomic E-state index is 0.0753. The Morgan fingerprint density at radius 3 is 2.26 bits per heavy atom. The van der Waals surface area contributed by atoms with Crippen molar-refractivity contribution < 1.29 is 23.7 Å². The molecule has 10 heteroatoms. The van der Waals surface area contributed by atoms with Gasteiger partial charge in [0.15, 0.2) is 0 Å². The Kier molecular flexibility index (Phi) is 4.66. The summed E-state index contributed by atoms with van der Waals surface area (Å²) in [7, 11) is 2.56. The van der Waals surface area contributed by atoms with E-state index in [1.165, 1.54) is 38.4 Å². The number of furan rings is 1. The van der Waals surface area contributed by atoms with Gasteiger partial charge in [-0.1, -0.05) is 0 Å². The van der Waals surface area contributed by atoms with E-state index in [0.717, 1.165) is 9.80 Å². The second kappa shape index (κ2) is 6.80. The van der Waals surface area contributed by atoms with Gasteiger partial charge in [0, 0.05) is 36.3 Å². The molecular weight excluding hydrogens is 422 g/mol. The largest absolute Gasteiger partial charge is 0.457 e. The Labute approximate surface area is 161 Å². The van der Waals surface area contributed by atoms with Gasteiger partial charge in [-0.05, 0) is 40.2 Å². The molecule has 0 N–H and O–H groups in total. The number of likely N-dealkylation sites (N-methyl/N-ethyl adjacent to an activating group) is 2. The maximum absolute atomic E-state index is 12.2. The zero-order valence-corrected chi connectivity index (χ0v) is 15.7. The number of imide groups is 2. The number of carbonyl (C=O) groups is 3. The average Bonchev–Trinajstić information content (AvgIpc) is 3.10. The highest BCUT2D eigenvalue weighted by Gasteiger charge is 2.38. The number of barbiturate groups is 1. The van der Waals surface area contributed by atoms with Crippen LogP contribution in [-0.2, 0) is 9.59 Å². The number of halogens is 1. The second-order valence-corrected chi connectivity index (χ2v) is 6.55. The molecule has 0 saturated carbocycles. The van der Waals surface area contributed by atoms with Gasteiger partial charge in [0.05, 0.1) is 4.92 Å². The van der Waals surface area contributed by atoms with E-state index in [2.05, 4.69) is 15.9 Å². The summed E-state index contributed by atoms with van der Waals surface area (Å²) in [4.78, 5) is 48.1. The fraction of sp³-hybridized carbons (Fsp3) is 0.118. The summed E-state index contributed by atoms with van der Waals surface area (Å²) in [5.74, 6) is -0.838. The van der Waals surface area contributed by atoms with Crippen LogP contribution in [0.1, 0.15) is 5.76 Å². The Hall–Kier alpha value is -3.27. The molecule has 1 aromatic carbocycles. The molecule has 1 aliphatic rings. The number of hydrogen-bond acceptors (Lipinski definition) is 6. The van der Waals surface area contributed by atoms with Crippen molar-refractivity contribution in [2.75, 3.05) is 14.1 Å². The van der Waals surface area contributed by atoms with Crippen LogP contribution in [0.25, 0.3) is 17.4 Å². The van der Waals surface area contributed by atoms with Crippen LogP contribution in [0.15, 0.2) is 44.8 Å². The maximum atomic E-state index is 12.2. The smallest absolute Gasteiger partial charge is 0.333 e. The fourth-order valence-corrected chi connectivity index (χ4v) is 3.07. The van der Waals surface area contributed by atoms with Gasteiger partial charge in [-0.3, -0.25) is 29.5 Å². The van der Waals surface area contributed by atoms with E-state index in [1.807, 2.05) is 0 Å². The predicted octanol–water partition coefficient (Wildman–Crippen LogP) is 3.05. The van der Waals surface area contributed by atoms with Gasteiger partial charge in [0.1, 0.15) is 17.1 Å². The number of rotatable bonds is 3. The molecule has 0 radical (unpaired) electrons. The molecule has 0 bridgehead atoms. The molecule has 9 nitrogen and oxygen atoms in total. The van der Waals surface area contributed by atoms with Crippen molar-refractivity contribution in [3.8, 4) is 11.3 Å². The van der Waals surface area contributed by atoms with Crippen LogP contribution in [0.2, 0.25) is 0 Å². The summed E-state index contributed by atoms with van der Waals surface area (Å²) < 4.78 is 6.10. The SMILES string of the molecule is CN1C(=O)C(=Cc2ccc(-c3ccc([N+](=O)[O-])cc3Br)o2)C(=O)N(C)C1=O. The number of nitro groups is 1. The van der Waals surface area contributed by atoms with Crippen LogP contribution in [0, 0.1) is 10.1 Å². The maximum Gasteiger partial charge on any atom is 0.333 e. The first kappa shape index (κ1) is 18.5. The molecule has 0 spiro atoms. The van der Waals surface area contributed by atoms with Gasteiger partial charge in [-0.2, -0.15) is 0 Å². The molecule has 1 fully saturated rings. The summed E-state index contributed by atoms with van der Waals surface area (Å²) in [6.07, 6.45) is 1.26. The lowest BCUT2D eigenvalue weighted by Gasteiger charge is -2.28. The Morgan fingerprint density at radius 2 is 1.70 bits per heavy atom. The minimum Gasteiger partial charge on any atom is -0.457 e. The third kappa shape index (κ3) is 3.26. The van der Waals surface area contributed by atoms with Gasteiger partial charge in [-0.15, -0.1) is 0 Å². The molecule has 0 unspecified atom stereocenters. The van der Waals surface area contributed by atoms with E-state index >= 15 is 0 Å². The standard InChI is InChI=1S/C17H12BrN3O6/c1-19-15(22)12(16(23)20(2)17(19)24)8-10-4-6-14(27-10)11-5-3-9(21(25)26)7-13(11)18/h3-8H,1-2H3. The van der Waals surface area contributed by atoms with Crippen LogP contribution >= 0.6 is 15.9 Å². The van der Waals surface area contributed by atoms with Crippen molar-refractivity contribution in [3.05, 3.63) is 56.3 Å². The lowest BCUT2D eigenvalue weighted by atomic mass is 10.1. The molecule has 0 aliphatic carbocycles. The topological polar surface area (TPSA) is 114 Å². The molecule has 1 aliphatic heterocycles. The van der Waals surface area contributed by atoms with E-state index < -0.39 is 22.8 Å². The van der Waals surface area contributed by atoms with Crippen LogP contribution in [0.4, 0.5) is 10.5 Å². The molecular formula is C17H12BrN3O6. The first-order valence-corrected chi connectivity index (χ1v) is 8.36. The highest BCUT2D eigenvalue weighted by Crippen LogP contribution is 2.33. The number of hydrogen-bond donors (Lipinski definition) is 0. The van der Waals surface area contributed by atoms with Crippen molar-refractivity contribution in [2.45, 2.75) is 0 Å². The number of amides is 4. The number of non-ortho nitro benzene ring substituents is 1. The van der Waals surface area contributed by atoms with Crippen molar-refractivity contribution in [1.29, 1.82) is 0 Å². The molecule has 138 valence electrons. The van der Waals surface area contributed by atoms with Gasteiger partial charge >= 0.3 is 6.03 Å². The monoisotopic (exact) mass is 433 g/mol. The molecule has 2 aromatic rings. The highest BCUT2D eigenvalue weighted by atomic mass is 79.9. The number of carbonyl (C=O) groups excluding carboxylic acids is 3. The third-order valence-electron chi connectivity index (χ3n) is 3.99. The predicted molar refractivity (Wildman–Crippen MR) is 97.4 cm³/mol. The summed E-state index contributed by atoms with van der Waals surface area (Å²) in [6.45, 7) is 0. The number of urea groups is 1. The Morgan fingerprint density at radius 1 is 1.07 bits per heavy atom. The normalized spacial score (nSPS) is 14.8. The average molecular weight is 434 g/mol. The van der Waals surface area contributed by atoms with Gasteiger partial charge < -0.3 is 4.42 Å². The van der Waals surface area contributed by atoms with Crippen molar-refractivity contribution in [1.82, 2.24) is 9.80 Å². The summed E-state index contributed by atoms with van der Waals surface area (Å²) >= 11 is 3.26. The molecule has 4 amide bonds. The summed E-state index contributed by atoms with van der Waals surface area (Å²) in [5, 5.41) is 10.8. The Bertz CT molecular complexity index is 999. The fourth-order valence-electron chi connectivity index (χ4n) is 2.51. The first-order chi connectivity index (χ1) is 12.7. The molecule has 0 atom stereocenters. The number of benzene rings is 1. The highest BCUT2D eigenvalue weighted by molar-refractivity contribution is 9.10. The molecule has 27 heavy (non-hydrogen) atoms. The van der Waals surface area contributed by atoms with Crippen molar-refractivity contribution >= 4 is 45.5 Å². The van der Waals surface area contributed by atoms with Crippen LogP contribution in [-0.4, -0.2) is 46.7 Å². The first-order valence-electron chi connectivity index (χ1n) is 7.56. The molecule has 3 rings (SSSR count). The van der Waals surface area contributed by atoms with Crippen LogP contribution in [0.5, 0.6) is 0 Å². The van der Waals surface area contributed by atoms with E-state index in [9.17, 15) is 24.5 Å². The number of nitrogens with zero attached hydrogens (tertiary/aromatic N) is 3. The quantitative estimate of drug-likeness (QED) is 0.318. The van der Waals surface area contributed by atoms with Gasteiger partial charge in [0.2, 0.25) is 0 Å². The van der Waals surface area contributed by atoms with E-state index in [4.69, 9.17) is 4.42 Å². The van der Waals surface area contributed by atoms with Gasteiger partial charge in [-0.25, -0.2) is 4.79 Å². The van der Waals surface area contributed by atoms with Crippen molar-refractivity contribution in [3.63, 3.8) is 0 Å². The van der Waals surface area contributed by atoms with E-state index in [-0.39, 0.29) is 17.0 Å². The van der Waals surface area contributed by atoms with Gasteiger partial charge in [0.25, 0.3) is 17.5 Å². The minimum atomic E-state index is -0.724. The zero-order valence-electron chi connectivity index (χ0n) is 14.1. The molecule has 1 saturated heterocycles. The zero-order chi connectivity index (χ0) is 19.9. The lowest BCUT2D eigenvalue weighted by Crippen LogP contribution is -2.52. The van der Waals surface area contributed by atoms with Crippen LogP contribution in [0.3, 0.4) is 0 Å². The second-order valence-electron chi connectivity index (χ2n) is 5.69. The molecule has 1 aromatic heterocycles.